The molecule has 3 aromatic rings. The van der Waals surface area contributed by atoms with Crippen molar-refractivity contribution < 1.29 is 14.6 Å². The number of likely N-dealkylation sites (tertiary alicyclic amines) is 1. The van der Waals surface area contributed by atoms with Gasteiger partial charge in [0.15, 0.2) is 11.5 Å². The summed E-state index contributed by atoms with van der Waals surface area (Å²) in [5.74, 6) is 1.35. The number of anilines is 1. The minimum absolute atomic E-state index is 0.258. The first-order chi connectivity index (χ1) is 14.7. The summed E-state index contributed by atoms with van der Waals surface area (Å²) < 4.78 is 11.0. The summed E-state index contributed by atoms with van der Waals surface area (Å²) in [6.07, 6.45) is 1.59. The van der Waals surface area contributed by atoms with E-state index in [1.54, 1.807) is 7.11 Å². The highest BCUT2D eigenvalue weighted by atomic mass is 16.5. The van der Waals surface area contributed by atoms with Crippen LogP contribution in [0.5, 0.6) is 11.5 Å². The Morgan fingerprint density at radius 3 is 2.47 bits per heavy atom. The lowest BCUT2D eigenvalue weighted by atomic mass is 10.0. The third-order valence-corrected chi connectivity index (χ3v) is 5.71. The molecule has 3 aromatic carbocycles. The van der Waals surface area contributed by atoms with Gasteiger partial charge in [0.25, 0.3) is 0 Å². The maximum absolute atomic E-state index is 10.4. The summed E-state index contributed by atoms with van der Waals surface area (Å²) in [6, 6.07) is 22.9. The molecule has 0 radical (unpaired) electrons. The highest BCUT2D eigenvalue weighted by Crippen LogP contribution is 2.27. The van der Waals surface area contributed by atoms with Crippen molar-refractivity contribution in [2.75, 3.05) is 38.7 Å². The second kappa shape index (κ2) is 9.83. The summed E-state index contributed by atoms with van der Waals surface area (Å²) in [5, 5.41) is 16.7. The molecule has 1 aliphatic heterocycles. The zero-order valence-corrected chi connectivity index (χ0v) is 17.5. The van der Waals surface area contributed by atoms with Gasteiger partial charge < -0.3 is 24.8 Å². The van der Waals surface area contributed by atoms with Gasteiger partial charge >= 0.3 is 0 Å². The minimum atomic E-state index is -0.530. The number of β-amino-alcohol motifs (C(OH)–C–C–N with tert-alkyl or cyclic N) is 1. The van der Waals surface area contributed by atoms with E-state index in [1.807, 2.05) is 24.3 Å². The first kappa shape index (κ1) is 20.5. The number of fused-ring (bicyclic) bond motifs is 1. The minimum Gasteiger partial charge on any atom is -0.493 e. The zero-order chi connectivity index (χ0) is 20.8. The Bertz CT molecular complexity index is 949. The van der Waals surface area contributed by atoms with Gasteiger partial charge in [-0.25, -0.2) is 0 Å². The summed E-state index contributed by atoms with van der Waals surface area (Å²) >= 11 is 0. The first-order valence-electron chi connectivity index (χ1n) is 10.6. The normalized spacial score (nSPS) is 16.3. The van der Waals surface area contributed by atoms with Crippen LogP contribution in [0.4, 0.5) is 5.69 Å². The fourth-order valence-corrected chi connectivity index (χ4v) is 4.11. The predicted octanol–water partition coefficient (Wildman–Crippen LogP) is 4.16. The van der Waals surface area contributed by atoms with E-state index in [0.717, 1.165) is 25.9 Å². The molecule has 0 aromatic heterocycles. The summed E-state index contributed by atoms with van der Waals surface area (Å²) in [6.45, 7) is 2.81. The van der Waals surface area contributed by atoms with Crippen LogP contribution in [0.15, 0.2) is 66.7 Å². The largest absolute Gasteiger partial charge is 0.493 e. The van der Waals surface area contributed by atoms with E-state index in [2.05, 4.69) is 52.7 Å². The van der Waals surface area contributed by atoms with E-state index in [4.69, 9.17) is 9.47 Å². The quantitative estimate of drug-likeness (QED) is 0.588. The fraction of sp³-hybridized carbons (Fsp3) is 0.360. The SMILES string of the molecule is COc1ccccc1OC[C@H](O)CN1CCC(Nc2cccc3ccccc23)CC1. The molecule has 5 heteroatoms. The molecule has 0 spiro atoms. The zero-order valence-electron chi connectivity index (χ0n) is 17.5. The molecule has 1 atom stereocenters. The van der Waals surface area contributed by atoms with Crippen LogP contribution in [-0.4, -0.2) is 55.5 Å². The molecule has 2 N–H and O–H groups in total. The second-order valence-corrected chi connectivity index (χ2v) is 7.86. The number of nitrogens with one attached hydrogen (secondary N) is 1. The van der Waals surface area contributed by atoms with Crippen molar-refractivity contribution in [3.63, 3.8) is 0 Å². The average Bonchev–Trinajstić information content (AvgIpc) is 2.79. The Balaban J connectivity index is 1.24. The topological polar surface area (TPSA) is 54.0 Å². The van der Waals surface area contributed by atoms with E-state index in [-0.39, 0.29) is 6.61 Å². The number of hydrogen-bond acceptors (Lipinski definition) is 5. The van der Waals surface area contributed by atoms with Gasteiger partial charge in [-0.3, -0.25) is 0 Å². The van der Waals surface area contributed by atoms with Gasteiger partial charge in [0.05, 0.1) is 7.11 Å². The molecule has 5 nitrogen and oxygen atoms in total. The van der Waals surface area contributed by atoms with Crippen LogP contribution in [0.3, 0.4) is 0 Å². The Morgan fingerprint density at radius 1 is 0.967 bits per heavy atom. The van der Waals surface area contributed by atoms with Gasteiger partial charge in [-0.1, -0.05) is 48.5 Å². The molecule has 1 saturated heterocycles. The average molecular weight is 407 g/mol. The number of hydrogen-bond donors (Lipinski definition) is 2. The van der Waals surface area contributed by atoms with Crippen LogP contribution < -0.4 is 14.8 Å². The van der Waals surface area contributed by atoms with Crippen molar-refractivity contribution in [1.29, 1.82) is 0 Å². The van der Waals surface area contributed by atoms with Crippen molar-refractivity contribution in [2.45, 2.75) is 25.0 Å². The van der Waals surface area contributed by atoms with Gasteiger partial charge in [0.2, 0.25) is 0 Å². The van der Waals surface area contributed by atoms with Crippen LogP contribution >= 0.6 is 0 Å². The van der Waals surface area contributed by atoms with Crippen molar-refractivity contribution in [2.24, 2.45) is 0 Å². The summed E-state index contributed by atoms with van der Waals surface area (Å²) in [5.41, 5.74) is 1.21. The molecule has 0 bridgehead atoms. The molecule has 30 heavy (non-hydrogen) atoms. The molecule has 0 amide bonds. The Hall–Kier alpha value is -2.76. The monoisotopic (exact) mass is 406 g/mol. The van der Waals surface area contributed by atoms with Gasteiger partial charge in [0, 0.05) is 36.7 Å². The number of aliphatic hydroxyl groups excluding tert-OH is 1. The van der Waals surface area contributed by atoms with E-state index in [9.17, 15) is 5.11 Å². The fourth-order valence-electron chi connectivity index (χ4n) is 4.11. The van der Waals surface area contributed by atoms with Crippen molar-refractivity contribution >= 4 is 16.5 Å². The standard InChI is InChI=1S/C25H30N2O3/c1-29-24-11-4-5-12-25(24)30-18-21(28)17-27-15-13-20(14-16-27)26-23-10-6-8-19-7-2-3-9-22(19)23/h2-12,20-21,26,28H,13-18H2,1H3/t21-/m1/s1. The van der Waals surface area contributed by atoms with Gasteiger partial charge in [-0.15, -0.1) is 0 Å². The molecular weight excluding hydrogens is 376 g/mol. The molecular formula is C25H30N2O3. The van der Waals surface area contributed by atoms with Gasteiger partial charge in [-0.05, 0) is 36.4 Å². The van der Waals surface area contributed by atoms with Crippen LogP contribution in [0, 0.1) is 0 Å². The molecule has 1 aliphatic rings. The Kier molecular flexibility index (Phi) is 6.72. The predicted molar refractivity (Wildman–Crippen MR) is 122 cm³/mol. The number of benzene rings is 3. The molecule has 1 heterocycles. The van der Waals surface area contributed by atoms with Crippen LogP contribution in [0.25, 0.3) is 10.8 Å². The molecule has 0 aliphatic carbocycles. The van der Waals surface area contributed by atoms with Crippen molar-refractivity contribution in [3.05, 3.63) is 66.7 Å². The first-order valence-corrected chi connectivity index (χ1v) is 10.6. The van der Waals surface area contributed by atoms with E-state index < -0.39 is 6.10 Å². The second-order valence-electron chi connectivity index (χ2n) is 7.86. The summed E-state index contributed by atoms with van der Waals surface area (Å²) in [7, 11) is 1.62. The number of rotatable bonds is 8. The lowest BCUT2D eigenvalue weighted by Crippen LogP contribution is -2.43. The van der Waals surface area contributed by atoms with Crippen molar-refractivity contribution in [1.82, 2.24) is 4.90 Å². The third kappa shape index (κ3) is 5.04. The smallest absolute Gasteiger partial charge is 0.161 e. The molecule has 0 unspecified atom stereocenters. The van der Waals surface area contributed by atoms with Crippen LogP contribution in [0.2, 0.25) is 0 Å². The number of para-hydroxylation sites is 2. The molecule has 0 saturated carbocycles. The highest BCUT2D eigenvalue weighted by Gasteiger charge is 2.21. The lowest BCUT2D eigenvalue weighted by Gasteiger charge is -2.34. The number of aliphatic hydroxyl groups is 1. The number of ether oxygens (including phenoxy) is 2. The van der Waals surface area contributed by atoms with E-state index in [1.165, 1.54) is 16.5 Å². The Labute approximate surface area is 178 Å². The number of piperidine rings is 1. The lowest BCUT2D eigenvalue weighted by molar-refractivity contribution is 0.0596. The number of methoxy groups -OCH3 is 1. The van der Waals surface area contributed by atoms with Crippen LogP contribution in [-0.2, 0) is 0 Å². The maximum Gasteiger partial charge on any atom is 0.161 e. The Morgan fingerprint density at radius 2 is 1.67 bits per heavy atom. The van der Waals surface area contributed by atoms with E-state index >= 15 is 0 Å². The van der Waals surface area contributed by atoms with E-state index in [0.29, 0.717) is 24.1 Å². The maximum atomic E-state index is 10.4. The highest BCUT2D eigenvalue weighted by molar-refractivity contribution is 5.93. The molecule has 158 valence electrons. The third-order valence-electron chi connectivity index (χ3n) is 5.71. The van der Waals surface area contributed by atoms with Gasteiger partial charge in [0.1, 0.15) is 12.7 Å². The summed E-state index contributed by atoms with van der Waals surface area (Å²) in [4.78, 5) is 2.32. The van der Waals surface area contributed by atoms with Crippen LogP contribution in [0.1, 0.15) is 12.8 Å². The number of nitrogens with zero attached hydrogens (tertiary/aromatic N) is 1. The van der Waals surface area contributed by atoms with Crippen molar-refractivity contribution in [3.8, 4) is 11.5 Å². The van der Waals surface area contributed by atoms with Gasteiger partial charge in [-0.2, -0.15) is 0 Å². The molecule has 1 fully saturated rings. The molecule has 4 rings (SSSR count).